The Morgan fingerprint density at radius 3 is 2.23 bits per heavy atom. The van der Waals surface area contributed by atoms with Crippen molar-refractivity contribution in [1.29, 1.82) is 0 Å². The smallest absolute Gasteiger partial charge is 0.241 e. The molecule has 0 spiro atoms. The van der Waals surface area contributed by atoms with E-state index in [1.807, 2.05) is 76.2 Å². The zero-order valence-electron chi connectivity index (χ0n) is 16.3. The Bertz CT molecular complexity index is 853. The molecule has 142 valence electrons. The number of benzene rings is 2. The molecule has 0 aliphatic carbocycles. The first-order chi connectivity index (χ1) is 12.2. The van der Waals surface area contributed by atoms with E-state index in [0.29, 0.717) is 4.90 Å². The second kappa shape index (κ2) is 8.20. The predicted molar refractivity (Wildman–Crippen MR) is 105 cm³/mol. The molecule has 6 heteroatoms. The molecule has 2 rings (SSSR count). The van der Waals surface area contributed by atoms with Gasteiger partial charge in [0.15, 0.2) is 0 Å². The maximum Gasteiger partial charge on any atom is 0.241 e. The second-order valence-corrected chi connectivity index (χ2v) is 8.54. The van der Waals surface area contributed by atoms with Gasteiger partial charge in [0.2, 0.25) is 10.0 Å². The van der Waals surface area contributed by atoms with Crippen LogP contribution in [0, 0.1) is 20.8 Å². The molecule has 0 radical (unpaired) electrons. The van der Waals surface area contributed by atoms with Gasteiger partial charge in [0.1, 0.15) is 5.75 Å². The average molecular weight is 377 g/mol. The lowest BCUT2D eigenvalue weighted by Gasteiger charge is -2.26. The van der Waals surface area contributed by atoms with E-state index in [1.54, 1.807) is 7.11 Å². The Kier molecular flexibility index (Phi) is 6.44. The van der Waals surface area contributed by atoms with Crippen molar-refractivity contribution in [2.75, 3.05) is 27.7 Å². The van der Waals surface area contributed by atoms with Gasteiger partial charge in [-0.15, -0.1) is 0 Å². The van der Waals surface area contributed by atoms with E-state index in [4.69, 9.17) is 4.74 Å². The minimum atomic E-state index is -3.60. The Balaban J connectivity index is 2.28. The van der Waals surface area contributed by atoms with Gasteiger partial charge in [-0.25, -0.2) is 13.1 Å². The van der Waals surface area contributed by atoms with Crippen molar-refractivity contribution in [3.8, 4) is 5.75 Å². The van der Waals surface area contributed by atoms with Crippen molar-refractivity contribution in [1.82, 2.24) is 9.62 Å². The van der Waals surface area contributed by atoms with Crippen LogP contribution in [-0.2, 0) is 10.0 Å². The number of hydrogen-bond acceptors (Lipinski definition) is 4. The van der Waals surface area contributed by atoms with Crippen LogP contribution >= 0.6 is 0 Å². The van der Waals surface area contributed by atoms with Gasteiger partial charge in [0, 0.05) is 12.6 Å². The molecule has 0 fully saturated rings. The van der Waals surface area contributed by atoms with Crippen molar-refractivity contribution in [3.05, 3.63) is 58.7 Å². The van der Waals surface area contributed by atoms with Crippen molar-refractivity contribution >= 4 is 10.0 Å². The first-order valence-corrected chi connectivity index (χ1v) is 10.0. The van der Waals surface area contributed by atoms with Crippen molar-refractivity contribution < 1.29 is 13.2 Å². The molecular weight excluding hydrogens is 348 g/mol. The molecule has 0 amide bonds. The number of likely N-dealkylation sites (N-methyl/N-ethyl adjacent to an activating group) is 1. The fourth-order valence-electron chi connectivity index (χ4n) is 3.30. The summed E-state index contributed by atoms with van der Waals surface area (Å²) in [5, 5.41) is 0. The molecule has 1 unspecified atom stereocenters. The van der Waals surface area contributed by atoms with E-state index in [2.05, 4.69) is 4.72 Å². The van der Waals surface area contributed by atoms with Gasteiger partial charge in [-0.3, -0.25) is 0 Å². The van der Waals surface area contributed by atoms with E-state index < -0.39 is 10.0 Å². The van der Waals surface area contributed by atoms with Crippen molar-refractivity contribution in [2.24, 2.45) is 0 Å². The van der Waals surface area contributed by atoms with E-state index >= 15 is 0 Å². The normalized spacial score (nSPS) is 13.0. The summed E-state index contributed by atoms with van der Waals surface area (Å²) in [5.41, 5.74) is 3.58. The third-order valence-electron chi connectivity index (χ3n) is 4.44. The lowest BCUT2D eigenvalue weighted by molar-refractivity contribution is 0.298. The maximum atomic E-state index is 12.9. The number of rotatable bonds is 7. The highest BCUT2D eigenvalue weighted by Crippen LogP contribution is 2.25. The molecule has 0 aliphatic rings. The summed E-state index contributed by atoms with van der Waals surface area (Å²) in [7, 11) is 1.88. The molecule has 0 aliphatic heterocycles. The van der Waals surface area contributed by atoms with Crippen LogP contribution in [0.15, 0.2) is 41.3 Å². The number of ether oxygens (including phenoxy) is 1. The van der Waals surface area contributed by atoms with Crippen LogP contribution in [0.1, 0.15) is 28.3 Å². The summed E-state index contributed by atoms with van der Waals surface area (Å²) < 4.78 is 33.9. The topological polar surface area (TPSA) is 58.6 Å². The summed E-state index contributed by atoms with van der Waals surface area (Å²) >= 11 is 0. The number of aryl methyl sites for hydroxylation is 3. The monoisotopic (exact) mass is 376 g/mol. The minimum absolute atomic E-state index is 0.106. The molecule has 0 saturated heterocycles. The zero-order valence-corrected chi connectivity index (χ0v) is 17.1. The largest absolute Gasteiger partial charge is 0.497 e. The molecule has 0 saturated carbocycles. The Hall–Kier alpha value is -1.89. The van der Waals surface area contributed by atoms with E-state index in [-0.39, 0.29) is 12.6 Å². The molecule has 0 heterocycles. The van der Waals surface area contributed by atoms with Gasteiger partial charge in [-0.05, 0) is 63.7 Å². The minimum Gasteiger partial charge on any atom is -0.497 e. The van der Waals surface area contributed by atoms with Crippen LogP contribution in [0.25, 0.3) is 0 Å². The summed E-state index contributed by atoms with van der Waals surface area (Å²) in [6, 6.07) is 11.4. The fraction of sp³-hybridized carbons (Fsp3) is 0.400. The molecular formula is C20H28N2O3S. The Morgan fingerprint density at radius 1 is 1.08 bits per heavy atom. The standard InChI is InChI=1S/C20H28N2O3S/c1-14-10-15(2)20(16(3)11-14)26(23,24)21-13-19(22(4)5)17-8-7-9-18(12-17)25-6/h7-12,19,21H,13H2,1-6H3. The quantitative estimate of drug-likeness (QED) is 0.806. The van der Waals surface area contributed by atoms with Crippen LogP contribution in [0.3, 0.4) is 0 Å². The molecule has 2 aromatic carbocycles. The third-order valence-corrected chi connectivity index (χ3v) is 6.17. The maximum absolute atomic E-state index is 12.9. The number of nitrogens with one attached hydrogen (secondary N) is 1. The van der Waals surface area contributed by atoms with Crippen LogP contribution in [0.5, 0.6) is 5.75 Å². The van der Waals surface area contributed by atoms with E-state index in [9.17, 15) is 8.42 Å². The SMILES string of the molecule is COc1cccc(C(CNS(=O)(=O)c2c(C)cc(C)cc2C)N(C)C)c1. The highest BCUT2D eigenvalue weighted by molar-refractivity contribution is 7.89. The summed E-state index contributed by atoms with van der Waals surface area (Å²) in [6.45, 7) is 5.91. The fourth-order valence-corrected chi connectivity index (χ4v) is 4.79. The van der Waals surface area contributed by atoms with Gasteiger partial charge >= 0.3 is 0 Å². The molecule has 1 atom stereocenters. The van der Waals surface area contributed by atoms with Gasteiger partial charge < -0.3 is 9.64 Å². The molecule has 1 N–H and O–H groups in total. The number of sulfonamides is 1. The van der Waals surface area contributed by atoms with Crippen LogP contribution in [0.4, 0.5) is 0 Å². The molecule has 0 aromatic heterocycles. The molecule has 26 heavy (non-hydrogen) atoms. The van der Waals surface area contributed by atoms with Gasteiger partial charge in [-0.1, -0.05) is 29.8 Å². The van der Waals surface area contributed by atoms with Gasteiger partial charge in [0.05, 0.1) is 12.0 Å². The van der Waals surface area contributed by atoms with Crippen LogP contribution in [0.2, 0.25) is 0 Å². The lowest BCUT2D eigenvalue weighted by Crippen LogP contribution is -2.35. The second-order valence-electron chi connectivity index (χ2n) is 6.84. The lowest BCUT2D eigenvalue weighted by atomic mass is 10.1. The summed E-state index contributed by atoms with van der Waals surface area (Å²) in [4.78, 5) is 2.36. The predicted octanol–water partition coefficient (Wildman–Crippen LogP) is 3.20. The van der Waals surface area contributed by atoms with E-state index in [1.165, 1.54) is 0 Å². The van der Waals surface area contributed by atoms with Crippen molar-refractivity contribution in [3.63, 3.8) is 0 Å². The highest BCUT2D eigenvalue weighted by atomic mass is 32.2. The number of methoxy groups -OCH3 is 1. The van der Waals surface area contributed by atoms with Gasteiger partial charge in [0.25, 0.3) is 0 Å². The Morgan fingerprint density at radius 2 is 1.69 bits per heavy atom. The Labute approximate surface area is 157 Å². The van der Waals surface area contributed by atoms with Crippen molar-refractivity contribution in [2.45, 2.75) is 31.7 Å². The molecule has 5 nitrogen and oxygen atoms in total. The van der Waals surface area contributed by atoms with Crippen LogP contribution < -0.4 is 9.46 Å². The first kappa shape index (κ1) is 20.4. The van der Waals surface area contributed by atoms with Crippen LogP contribution in [-0.4, -0.2) is 41.1 Å². The average Bonchev–Trinajstić information content (AvgIpc) is 2.53. The number of nitrogens with zero attached hydrogens (tertiary/aromatic N) is 1. The van der Waals surface area contributed by atoms with E-state index in [0.717, 1.165) is 28.0 Å². The third kappa shape index (κ3) is 4.63. The van der Waals surface area contributed by atoms with Gasteiger partial charge in [-0.2, -0.15) is 0 Å². The zero-order chi connectivity index (χ0) is 19.5. The highest BCUT2D eigenvalue weighted by Gasteiger charge is 2.23. The summed E-state index contributed by atoms with van der Waals surface area (Å²) in [5.74, 6) is 0.752. The molecule has 2 aromatic rings. The number of hydrogen-bond donors (Lipinski definition) is 1. The summed E-state index contributed by atoms with van der Waals surface area (Å²) in [6.07, 6.45) is 0. The molecule has 0 bridgehead atoms. The first-order valence-electron chi connectivity index (χ1n) is 8.53.